The van der Waals surface area contributed by atoms with Gasteiger partial charge in [0.1, 0.15) is 5.75 Å². The first-order chi connectivity index (χ1) is 13.1. The van der Waals surface area contributed by atoms with Crippen molar-refractivity contribution in [2.75, 3.05) is 24.6 Å². The van der Waals surface area contributed by atoms with Gasteiger partial charge in [-0.15, -0.1) is 0 Å². The highest BCUT2D eigenvalue weighted by molar-refractivity contribution is 7.22. The van der Waals surface area contributed by atoms with Crippen LogP contribution in [0.15, 0.2) is 42.5 Å². The first-order valence-corrected chi connectivity index (χ1v) is 10.0. The van der Waals surface area contributed by atoms with E-state index in [-0.39, 0.29) is 5.56 Å². The summed E-state index contributed by atoms with van der Waals surface area (Å²) >= 11 is 7.75. The number of nitrogens with zero attached hydrogens (tertiary/aromatic N) is 2. The van der Waals surface area contributed by atoms with Gasteiger partial charge in [-0.3, -0.25) is 0 Å². The Morgan fingerprint density at radius 3 is 2.67 bits per heavy atom. The summed E-state index contributed by atoms with van der Waals surface area (Å²) in [5, 5.41) is 10.7. The Kier molecular flexibility index (Phi) is 5.18. The van der Waals surface area contributed by atoms with E-state index < -0.39 is 5.97 Å². The molecule has 1 fully saturated rings. The molecule has 0 unspecified atom stereocenters. The Balaban J connectivity index is 1.31. The van der Waals surface area contributed by atoms with E-state index in [9.17, 15) is 4.79 Å². The predicted molar refractivity (Wildman–Crippen MR) is 108 cm³/mol. The smallest absolute Gasteiger partial charge is 0.335 e. The molecule has 0 saturated carbocycles. The van der Waals surface area contributed by atoms with Crippen LogP contribution >= 0.6 is 22.9 Å². The standard InChI is InChI=1S/C20H19ClN2O3S/c21-15-3-6-17-18(11-15)27-20(22-17)23-9-7-13(8-10-23)12-26-16-4-1-14(2-5-16)19(24)25/h1-6,11,13H,7-10,12H2,(H,24,25). The summed E-state index contributed by atoms with van der Waals surface area (Å²) in [6, 6.07) is 12.4. The lowest BCUT2D eigenvalue weighted by atomic mass is 9.98. The highest BCUT2D eigenvalue weighted by Crippen LogP contribution is 2.33. The Labute approximate surface area is 166 Å². The quantitative estimate of drug-likeness (QED) is 0.654. The molecule has 0 bridgehead atoms. The zero-order valence-electron chi connectivity index (χ0n) is 14.6. The van der Waals surface area contributed by atoms with Crippen LogP contribution in [0.3, 0.4) is 0 Å². The van der Waals surface area contributed by atoms with Crippen molar-refractivity contribution in [3.8, 4) is 5.75 Å². The molecule has 0 aliphatic carbocycles. The van der Waals surface area contributed by atoms with Gasteiger partial charge >= 0.3 is 5.97 Å². The SMILES string of the molecule is O=C(O)c1ccc(OCC2CCN(c3nc4ccc(Cl)cc4s3)CC2)cc1. The number of halogens is 1. The van der Waals surface area contributed by atoms with Crippen molar-refractivity contribution in [3.63, 3.8) is 0 Å². The van der Waals surface area contributed by atoms with E-state index in [2.05, 4.69) is 4.90 Å². The molecule has 1 aliphatic rings. The lowest BCUT2D eigenvalue weighted by molar-refractivity contribution is 0.0697. The maximum atomic E-state index is 10.9. The number of fused-ring (bicyclic) bond motifs is 1. The second kappa shape index (κ2) is 7.74. The van der Waals surface area contributed by atoms with Gasteiger partial charge < -0.3 is 14.7 Å². The van der Waals surface area contributed by atoms with E-state index in [4.69, 9.17) is 26.4 Å². The lowest BCUT2D eigenvalue weighted by Crippen LogP contribution is -2.35. The van der Waals surface area contributed by atoms with Gasteiger partial charge in [-0.25, -0.2) is 9.78 Å². The molecule has 140 valence electrons. The summed E-state index contributed by atoms with van der Waals surface area (Å²) in [5.74, 6) is 0.278. The van der Waals surface area contributed by atoms with Crippen molar-refractivity contribution >= 4 is 44.3 Å². The molecule has 0 radical (unpaired) electrons. The molecule has 2 aromatic carbocycles. The van der Waals surface area contributed by atoms with Gasteiger partial charge in [0.15, 0.2) is 5.13 Å². The number of anilines is 1. The van der Waals surface area contributed by atoms with Gasteiger partial charge in [0.2, 0.25) is 0 Å². The molecular formula is C20H19ClN2O3S. The highest BCUT2D eigenvalue weighted by Gasteiger charge is 2.22. The summed E-state index contributed by atoms with van der Waals surface area (Å²) in [5.41, 5.74) is 1.27. The number of benzene rings is 2. The Hall–Kier alpha value is -2.31. The number of rotatable bonds is 5. The lowest BCUT2D eigenvalue weighted by Gasteiger charge is -2.31. The molecule has 1 saturated heterocycles. The summed E-state index contributed by atoms with van der Waals surface area (Å²) in [4.78, 5) is 17.9. The van der Waals surface area contributed by atoms with Crippen LogP contribution in [-0.4, -0.2) is 35.8 Å². The third-order valence-corrected chi connectivity index (χ3v) is 6.13. The fourth-order valence-corrected chi connectivity index (χ4v) is 4.51. The molecule has 3 aromatic rings. The largest absolute Gasteiger partial charge is 0.493 e. The van der Waals surface area contributed by atoms with Crippen molar-refractivity contribution < 1.29 is 14.6 Å². The van der Waals surface area contributed by atoms with E-state index in [0.717, 1.165) is 46.3 Å². The van der Waals surface area contributed by atoms with Crippen molar-refractivity contribution in [1.29, 1.82) is 0 Å². The molecule has 1 N–H and O–H groups in total. The normalized spacial score (nSPS) is 15.2. The topological polar surface area (TPSA) is 62.7 Å². The van der Waals surface area contributed by atoms with Crippen molar-refractivity contribution in [2.24, 2.45) is 5.92 Å². The predicted octanol–water partition coefficient (Wildman–Crippen LogP) is 4.94. The van der Waals surface area contributed by atoms with Crippen LogP contribution < -0.4 is 9.64 Å². The number of thiazole rings is 1. The average molecular weight is 403 g/mol. The third kappa shape index (κ3) is 4.17. The molecule has 1 aromatic heterocycles. The zero-order valence-corrected chi connectivity index (χ0v) is 16.2. The highest BCUT2D eigenvalue weighted by atomic mass is 35.5. The molecule has 7 heteroatoms. The Morgan fingerprint density at radius 2 is 1.96 bits per heavy atom. The molecule has 0 spiro atoms. The number of aromatic nitrogens is 1. The van der Waals surface area contributed by atoms with Crippen molar-refractivity contribution in [1.82, 2.24) is 4.98 Å². The maximum Gasteiger partial charge on any atom is 0.335 e. The molecule has 5 nitrogen and oxygen atoms in total. The minimum Gasteiger partial charge on any atom is -0.493 e. The monoisotopic (exact) mass is 402 g/mol. The van der Waals surface area contributed by atoms with Crippen LogP contribution in [0.4, 0.5) is 5.13 Å². The number of carboxylic acid groups (broad SMARTS) is 1. The van der Waals surface area contributed by atoms with E-state index in [0.29, 0.717) is 18.3 Å². The van der Waals surface area contributed by atoms with Crippen molar-refractivity contribution in [3.05, 3.63) is 53.1 Å². The van der Waals surface area contributed by atoms with Gasteiger partial charge in [0.05, 0.1) is 22.4 Å². The van der Waals surface area contributed by atoms with Gasteiger partial charge in [0, 0.05) is 18.1 Å². The van der Waals surface area contributed by atoms with Crippen LogP contribution in [-0.2, 0) is 0 Å². The average Bonchev–Trinajstić information content (AvgIpc) is 3.10. The summed E-state index contributed by atoms with van der Waals surface area (Å²) in [6.07, 6.45) is 2.09. The fraction of sp³-hybridized carbons (Fsp3) is 0.300. The second-order valence-corrected chi connectivity index (χ2v) is 8.12. The third-order valence-electron chi connectivity index (χ3n) is 4.81. The van der Waals surface area contributed by atoms with Crippen LogP contribution in [0.25, 0.3) is 10.2 Å². The number of ether oxygens (including phenoxy) is 1. The van der Waals surface area contributed by atoms with Crippen molar-refractivity contribution in [2.45, 2.75) is 12.8 Å². The molecular weight excluding hydrogens is 384 g/mol. The number of aromatic carboxylic acids is 1. The second-order valence-electron chi connectivity index (χ2n) is 6.68. The van der Waals surface area contributed by atoms with E-state index in [1.165, 1.54) is 0 Å². The number of hydrogen-bond acceptors (Lipinski definition) is 5. The molecule has 2 heterocycles. The van der Waals surface area contributed by atoms with Gasteiger partial charge in [-0.1, -0.05) is 22.9 Å². The van der Waals surface area contributed by atoms with Gasteiger partial charge in [-0.05, 0) is 61.2 Å². The van der Waals surface area contributed by atoms with Crippen LogP contribution in [0.5, 0.6) is 5.75 Å². The summed E-state index contributed by atoms with van der Waals surface area (Å²) in [7, 11) is 0. The number of carbonyl (C=O) groups is 1. The number of carboxylic acids is 1. The van der Waals surface area contributed by atoms with Gasteiger partial charge in [-0.2, -0.15) is 0 Å². The summed E-state index contributed by atoms with van der Waals surface area (Å²) in [6.45, 7) is 2.56. The zero-order chi connectivity index (χ0) is 18.8. The Bertz CT molecular complexity index is 950. The molecule has 27 heavy (non-hydrogen) atoms. The Morgan fingerprint density at radius 1 is 1.22 bits per heavy atom. The van der Waals surface area contributed by atoms with Crippen LogP contribution in [0.1, 0.15) is 23.2 Å². The van der Waals surface area contributed by atoms with Crippen LogP contribution in [0, 0.1) is 5.92 Å². The minimum absolute atomic E-state index is 0.271. The molecule has 1 aliphatic heterocycles. The van der Waals surface area contributed by atoms with E-state index in [1.54, 1.807) is 35.6 Å². The first kappa shape index (κ1) is 18.1. The van der Waals surface area contributed by atoms with E-state index in [1.807, 2.05) is 18.2 Å². The van der Waals surface area contributed by atoms with Gasteiger partial charge in [0.25, 0.3) is 0 Å². The molecule has 4 rings (SSSR count). The number of hydrogen-bond donors (Lipinski definition) is 1. The fourth-order valence-electron chi connectivity index (χ4n) is 3.22. The van der Waals surface area contributed by atoms with E-state index >= 15 is 0 Å². The minimum atomic E-state index is -0.925. The molecule has 0 atom stereocenters. The first-order valence-electron chi connectivity index (χ1n) is 8.86. The molecule has 0 amide bonds. The maximum absolute atomic E-state index is 10.9. The number of piperidine rings is 1. The summed E-state index contributed by atoms with van der Waals surface area (Å²) < 4.78 is 6.96. The van der Waals surface area contributed by atoms with Crippen LogP contribution in [0.2, 0.25) is 5.02 Å².